The lowest BCUT2D eigenvalue weighted by Gasteiger charge is -2.22. The number of aryl methyl sites for hydroxylation is 1. The normalized spacial score (nSPS) is 19.6. The van der Waals surface area contributed by atoms with Gasteiger partial charge in [0.1, 0.15) is 0 Å². The van der Waals surface area contributed by atoms with Crippen LogP contribution in [0.4, 0.5) is 5.13 Å². The minimum Gasteiger partial charge on any atom is -0.348 e. The van der Waals surface area contributed by atoms with E-state index in [0.717, 1.165) is 41.5 Å². The smallest absolute Gasteiger partial charge is 0.186 e. The van der Waals surface area contributed by atoms with Crippen LogP contribution in [0.1, 0.15) is 55.4 Å². The quantitative estimate of drug-likeness (QED) is 0.785. The number of anilines is 1. The van der Waals surface area contributed by atoms with Gasteiger partial charge in [0.2, 0.25) is 0 Å². The van der Waals surface area contributed by atoms with E-state index in [1.54, 1.807) is 11.3 Å². The lowest BCUT2D eigenvalue weighted by molar-refractivity contribution is 0.112. The molecule has 0 bridgehead atoms. The average Bonchev–Trinajstić information content (AvgIpc) is 2.67. The molecule has 0 N–H and O–H groups in total. The van der Waals surface area contributed by atoms with Crippen LogP contribution in [0.3, 0.4) is 0 Å². The first kappa shape index (κ1) is 13.5. The fourth-order valence-electron chi connectivity index (χ4n) is 2.45. The Morgan fingerprint density at radius 2 is 2.17 bits per heavy atom. The molecule has 1 saturated heterocycles. The fraction of sp³-hybridized carbons (Fsp3) is 0.714. The van der Waals surface area contributed by atoms with Gasteiger partial charge in [0, 0.05) is 13.1 Å². The third kappa shape index (κ3) is 2.91. The predicted molar refractivity (Wildman–Crippen MR) is 76.7 cm³/mol. The molecule has 0 aliphatic carbocycles. The summed E-state index contributed by atoms with van der Waals surface area (Å²) in [7, 11) is 0. The van der Waals surface area contributed by atoms with Gasteiger partial charge in [-0.15, -0.1) is 0 Å². The van der Waals surface area contributed by atoms with Crippen LogP contribution in [0.15, 0.2) is 0 Å². The van der Waals surface area contributed by atoms with Crippen molar-refractivity contribution in [3.8, 4) is 0 Å². The van der Waals surface area contributed by atoms with Gasteiger partial charge in [0.25, 0.3) is 0 Å². The lowest BCUT2D eigenvalue weighted by Crippen LogP contribution is -2.24. The number of rotatable bonds is 3. The van der Waals surface area contributed by atoms with E-state index in [4.69, 9.17) is 0 Å². The Labute approximate surface area is 113 Å². The average molecular weight is 266 g/mol. The number of thiazole rings is 1. The first-order valence-electron chi connectivity index (χ1n) is 6.75. The number of carbonyl (C=O) groups excluding carboxylic acids is 1. The number of hydrogen-bond acceptors (Lipinski definition) is 4. The molecule has 1 fully saturated rings. The monoisotopic (exact) mass is 266 g/mol. The zero-order valence-electron chi connectivity index (χ0n) is 11.5. The van der Waals surface area contributed by atoms with E-state index in [-0.39, 0.29) is 0 Å². The van der Waals surface area contributed by atoms with Gasteiger partial charge in [-0.2, -0.15) is 0 Å². The van der Waals surface area contributed by atoms with Gasteiger partial charge in [0.15, 0.2) is 11.4 Å². The van der Waals surface area contributed by atoms with Crippen molar-refractivity contribution in [1.82, 2.24) is 4.98 Å². The predicted octanol–water partition coefficient (Wildman–Crippen LogP) is 3.53. The Morgan fingerprint density at radius 3 is 2.78 bits per heavy atom. The summed E-state index contributed by atoms with van der Waals surface area (Å²) < 4.78 is 0. The lowest BCUT2D eigenvalue weighted by atomic mass is 9.85. The van der Waals surface area contributed by atoms with Crippen LogP contribution in [0, 0.1) is 5.41 Å². The van der Waals surface area contributed by atoms with E-state index in [9.17, 15) is 4.79 Å². The highest BCUT2D eigenvalue weighted by atomic mass is 32.1. The Balaban J connectivity index is 2.16. The number of hydrogen-bond donors (Lipinski definition) is 0. The molecule has 3 nitrogen and oxygen atoms in total. The van der Waals surface area contributed by atoms with Crippen molar-refractivity contribution in [1.29, 1.82) is 0 Å². The van der Waals surface area contributed by atoms with Gasteiger partial charge in [-0.3, -0.25) is 4.79 Å². The summed E-state index contributed by atoms with van der Waals surface area (Å²) in [5.41, 5.74) is 1.39. The molecule has 0 spiro atoms. The van der Waals surface area contributed by atoms with Gasteiger partial charge < -0.3 is 4.90 Å². The van der Waals surface area contributed by atoms with Crippen LogP contribution in [0.5, 0.6) is 0 Å². The summed E-state index contributed by atoms with van der Waals surface area (Å²) in [5.74, 6) is 0. The van der Waals surface area contributed by atoms with Gasteiger partial charge in [-0.1, -0.05) is 32.1 Å². The molecule has 100 valence electrons. The largest absolute Gasteiger partial charge is 0.348 e. The van der Waals surface area contributed by atoms with Crippen LogP contribution in [0.2, 0.25) is 0 Å². The van der Waals surface area contributed by atoms with E-state index in [0.29, 0.717) is 5.41 Å². The second kappa shape index (κ2) is 5.39. The fourth-order valence-corrected chi connectivity index (χ4v) is 3.47. The van der Waals surface area contributed by atoms with E-state index in [2.05, 4.69) is 30.7 Å². The maximum atomic E-state index is 11.0. The molecule has 1 aromatic rings. The van der Waals surface area contributed by atoms with Crippen molar-refractivity contribution >= 4 is 22.8 Å². The molecule has 1 aliphatic heterocycles. The van der Waals surface area contributed by atoms with Crippen LogP contribution in [-0.2, 0) is 6.42 Å². The molecule has 0 unspecified atom stereocenters. The molecule has 1 aliphatic rings. The maximum Gasteiger partial charge on any atom is 0.186 e. The van der Waals surface area contributed by atoms with Crippen molar-refractivity contribution in [2.75, 3.05) is 18.0 Å². The Morgan fingerprint density at radius 1 is 1.39 bits per heavy atom. The maximum absolute atomic E-state index is 11.0. The van der Waals surface area contributed by atoms with E-state index < -0.39 is 0 Å². The van der Waals surface area contributed by atoms with Gasteiger partial charge in [-0.05, 0) is 31.1 Å². The molecule has 4 heteroatoms. The van der Waals surface area contributed by atoms with Gasteiger partial charge in [-0.25, -0.2) is 4.98 Å². The van der Waals surface area contributed by atoms with E-state index in [1.807, 2.05) is 0 Å². The van der Waals surface area contributed by atoms with E-state index >= 15 is 0 Å². The SMILES string of the molecule is CCc1nc(N2CCCC(C)(C)CC2)sc1C=O. The summed E-state index contributed by atoms with van der Waals surface area (Å²) in [6.07, 6.45) is 5.47. The second-order valence-corrected chi connectivity index (χ2v) is 6.79. The van der Waals surface area contributed by atoms with Crippen molar-refractivity contribution in [3.63, 3.8) is 0 Å². The van der Waals surface area contributed by atoms with Crippen molar-refractivity contribution in [3.05, 3.63) is 10.6 Å². The Kier molecular flexibility index (Phi) is 4.05. The molecular weight excluding hydrogens is 244 g/mol. The van der Waals surface area contributed by atoms with Crippen molar-refractivity contribution in [2.45, 2.75) is 46.5 Å². The molecule has 2 rings (SSSR count). The van der Waals surface area contributed by atoms with Crippen LogP contribution >= 0.6 is 11.3 Å². The van der Waals surface area contributed by atoms with Crippen LogP contribution < -0.4 is 4.90 Å². The highest BCUT2D eigenvalue weighted by Crippen LogP contribution is 2.33. The van der Waals surface area contributed by atoms with Gasteiger partial charge in [0.05, 0.1) is 10.6 Å². The topological polar surface area (TPSA) is 33.2 Å². The second-order valence-electron chi connectivity index (χ2n) is 5.78. The molecule has 0 aromatic carbocycles. The van der Waals surface area contributed by atoms with Crippen LogP contribution in [-0.4, -0.2) is 24.4 Å². The number of carbonyl (C=O) groups is 1. The molecule has 0 amide bonds. The molecule has 0 atom stereocenters. The zero-order chi connectivity index (χ0) is 13.2. The Hall–Kier alpha value is -0.900. The van der Waals surface area contributed by atoms with Gasteiger partial charge >= 0.3 is 0 Å². The minimum absolute atomic E-state index is 0.438. The summed E-state index contributed by atoms with van der Waals surface area (Å²) in [6.45, 7) is 8.86. The highest BCUT2D eigenvalue weighted by molar-refractivity contribution is 7.17. The summed E-state index contributed by atoms with van der Waals surface area (Å²) in [4.78, 5) is 18.8. The third-order valence-electron chi connectivity index (χ3n) is 3.77. The molecule has 0 saturated carbocycles. The summed E-state index contributed by atoms with van der Waals surface area (Å²) >= 11 is 1.55. The Bertz CT molecular complexity index is 425. The summed E-state index contributed by atoms with van der Waals surface area (Å²) in [5, 5.41) is 1.03. The minimum atomic E-state index is 0.438. The number of aldehydes is 1. The zero-order valence-corrected chi connectivity index (χ0v) is 12.3. The first-order valence-corrected chi connectivity index (χ1v) is 7.57. The molecular formula is C14H22N2OS. The van der Waals surface area contributed by atoms with Crippen molar-refractivity contribution in [2.24, 2.45) is 5.41 Å². The van der Waals surface area contributed by atoms with E-state index in [1.165, 1.54) is 19.3 Å². The molecule has 1 aromatic heterocycles. The highest BCUT2D eigenvalue weighted by Gasteiger charge is 2.24. The number of aromatic nitrogens is 1. The first-order chi connectivity index (χ1) is 8.55. The summed E-state index contributed by atoms with van der Waals surface area (Å²) in [6, 6.07) is 0. The molecule has 18 heavy (non-hydrogen) atoms. The van der Waals surface area contributed by atoms with Crippen LogP contribution in [0.25, 0.3) is 0 Å². The molecule has 2 heterocycles. The standard InChI is InChI=1S/C14H22N2OS/c1-4-11-12(10-17)18-13(15-11)16-8-5-6-14(2,3)7-9-16/h10H,4-9H2,1-3H3. The molecule has 0 radical (unpaired) electrons. The number of nitrogens with zero attached hydrogens (tertiary/aromatic N) is 2. The third-order valence-corrected chi connectivity index (χ3v) is 4.85. The van der Waals surface area contributed by atoms with Crippen molar-refractivity contribution < 1.29 is 4.79 Å².